The average molecular weight is 220 g/mol. The molecule has 0 aliphatic carbocycles. The van der Waals surface area contributed by atoms with Crippen LogP contribution in [-0.4, -0.2) is 28.2 Å². The Balaban J connectivity index is -0.000000318. The van der Waals surface area contributed by atoms with Gasteiger partial charge >= 0.3 is 0 Å². The Morgan fingerprint density at radius 1 is 1.27 bits per heavy atom. The number of amidine groups is 1. The van der Waals surface area contributed by atoms with E-state index in [9.17, 15) is 5.11 Å². The summed E-state index contributed by atoms with van der Waals surface area (Å²) < 4.78 is 0. The van der Waals surface area contributed by atoms with Crippen molar-refractivity contribution in [1.29, 1.82) is 0 Å². The van der Waals surface area contributed by atoms with Gasteiger partial charge in [-0.05, 0) is 20.8 Å². The number of hydrazine groups is 1. The van der Waals surface area contributed by atoms with Crippen LogP contribution in [0.1, 0.15) is 48.5 Å². The molecule has 0 fully saturated rings. The minimum atomic E-state index is -1.10. The van der Waals surface area contributed by atoms with E-state index in [0.29, 0.717) is 6.54 Å². The summed E-state index contributed by atoms with van der Waals surface area (Å²) in [5.41, 5.74) is 4.30. The Labute approximate surface area is 94.1 Å². The summed E-state index contributed by atoms with van der Waals surface area (Å²) in [5.74, 6) is 5.44. The van der Waals surface area contributed by atoms with Crippen molar-refractivity contribution in [2.45, 2.75) is 54.1 Å². The van der Waals surface area contributed by atoms with E-state index < -0.39 is 5.60 Å². The number of hydrazone groups is 1. The molecule has 0 bridgehead atoms. The van der Waals surface area contributed by atoms with Gasteiger partial charge in [0.2, 0.25) is 0 Å². The van der Waals surface area contributed by atoms with Crippen LogP contribution in [0.2, 0.25) is 0 Å². The lowest BCUT2D eigenvalue weighted by molar-refractivity contribution is 0.148. The molecule has 0 unspecified atom stereocenters. The average Bonchev–Trinajstić information content (AvgIpc) is 2.22. The van der Waals surface area contributed by atoms with Gasteiger partial charge in [-0.15, -0.1) is 5.10 Å². The molecule has 0 aromatic rings. The van der Waals surface area contributed by atoms with Crippen LogP contribution in [0.3, 0.4) is 0 Å². The van der Waals surface area contributed by atoms with Crippen molar-refractivity contribution in [3.8, 4) is 0 Å². The second-order valence-electron chi connectivity index (χ2n) is 2.80. The molecule has 5 N–H and O–H groups in total. The maximum atomic E-state index is 9.29. The number of nitrogens with zero attached hydrogens (tertiary/aromatic N) is 2. The van der Waals surface area contributed by atoms with E-state index in [-0.39, 0.29) is 5.84 Å². The van der Waals surface area contributed by atoms with Gasteiger partial charge in [0.15, 0.2) is 5.84 Å². The minimum absolute atomic E-state index is 0.113. The molecule has 0 atom stereocenters. The molecule has 5 nitrogen and oxygen atoms in total. The zero-order valence-electron chi connectivity index (χ0n) is 11.2. The quantitative estimate of drug-likeness (QED) is 0.289. The van der Waals surface area contributed by atoms with Gasteiger partial charge in [-0.1, -0.05) is 27.7 Å². The lowest BCUT2D eigenvalue weighted by atomic mass is 10.1. The van der Waals surface area contributed by atoms with Crippen LogP contribution in [-0.2, 0) is 0 Å². The normalized spacial score (nSPS) is 10.6. The Hall–Kier alpha value is -0.810. The smallest absolute Gasteiger partial charge is 0.152 e. The fourth-order valence-electron chi connectivity index (χ4n) is 0.331. The molecule has 0 aromatic heterocycles. The summed E-state index contributed by atoms with van der Waals surface area (Å²) >= 11 is 0. The highest BCUT2D eigenvalue weighted by molar-refractivity contribution is 5.87. The number of hydrogen-bond donors (Lipinski definition) is 3. The van der Waals surface area contributed by atoms with Gasteiger partial charge < -0.3 is 10.8 Å². The van der Waals surface area contributed by atoms with Crippen LogP contribution in [0.4, 0.5) is 0 Å². The molecular weight excluding hydrogens is 192 g/mol. The standard InChI is InChI=1S/C6H16N4O.2C2H6/c1-4-10(8)9-5(7)6(2,3)11;2*1-2/h11H,4,8H2,1-3H3,(H2,7,9);2*1-2H3. The van der Waals surface area contributed by atoms with Gasteiger partial charge in [-0.3, -0.25) is 0 Å². The molecule has 0 saturated carbocycles. The SMILES string of the molecule is CC.CC.CCN(N)/N=C(\N)C(C)(C)O. The van der Waals surface area contributed by atoms with Crippen LogP contribution < -0.4 is 11.6 Å². The zero-order valence-corrected chi connectivity index (χ0v) is 11.2. The molecule has 0 amide bonds. The third-order valence-electron chi connectivity index (χ3n) is 1.19. The Morgan fingerprint density at radius 3 is 1.80 bits per heavy atom. The molecule has 15 heavy (non-hydrogen) atoms. The first-order valence-corrected chi connectivity index (χ1v) is 5.47. The predicted molar refractivity (Wildman–Crippen MR) is 67.2 cm³/mol. The monoisotopic (exact) mass is 220 g/mol. The summed E-state index contributed by atoms with van der Waals surface area (Å²) in [7, 11) is 0. The van der Waals surface area contributed by atoms with Crippen LogP contribution in [0.5, 0.6) is 0 Å². The van der Waals surface area contributed by atoms with Crippen molar-refractivity contribution in [3.63, 3.8) is 0 Å². The first kappa shape index (κ1) is 19.7. The van der Waals surface area contributed by atoms with Gasteiger partial charge in [0.25, 0.3) is 0 Å². The van der Waals surface area contributed by atoms with E-state index in [1.54, 1.807) is 13.8 Å². The first-order chi connectivity index (χ1) is 6.88. The highest BCUT2D eigenvalue weighted by Crippen LogP contribution is 2.00. The molecule has 0 rings (SSSR count). The van der Waals surface area contributed by atoms with E-state index in [0.717, 1.165) is 0 Å². The van der Waals surface area contributed by atoms with Crippen molar-refractivity contribution in [3.05, 3.63) is 0 Å². The Kier molecular flexibility index (Phi) is 14.8. The third kappa shape index (κ3) is 13.2. The number of rotatable bonds is 3. The molecule has 0 aliphatic heterocycles. The van der Waals surface area contributed by atoms with Gasteiger partial charge in [0.05, 0.1) is 6.54 Å². The second-order valence-corrected chi connectivity index (χ2v) is 2.80. The lowest BCUT2D eigenvalue weighted by Gasteiger charge is -2.18. The Morgan fingerprint density at radius 2 is 1.60 bits per heavy atom. The highest BCUT2D eigenvalue weighted by Gasteiger charge is 2.18. The number of hydrogen-bond acceptors (Lipinski definition) is 4. The molecule has 0 aromatic carbocycles. The molecule has 94 valence electrons. The second kappa shape index (κ2) is 11.3. The molecule has 0 spiro atoms. The Bertz CT molecular complexity index is 152. The van der Waals surface area contributed by atoms with Crippen LogP contribution in [0.25, 0.3) is 0 Å². The number of aliphatic hydroxyl groups is 1. The molecular formula is C10H28N4O. The van der Waals surface area contributed by atoms with Crippen molar-refractivity contribution in [1.82, 2.24) is 5.12 Å². The number of nitrogens with two attached hydrogens (primary N) is 2. The van der Waals surface area contributed by atoms with E-state index in [2.05, 4.69) is 5.10 Å². The van der Waals surface area contributed by atoms with Gasteiger partial charge in [0.1, 0.15) is 5.60 Å². The third-order valence-corrected chi connectivity index (χ3v) is 1.19. The molecule has 0 aliphatic rings. The van der Waals surface area contributed by atoms with E-state index >= 15 is 0 Å². The topological polar surface area (TPSA) is 87.9 Å². The van der Waals surface area contributed by atoms with Crippen LogP contribution in [0.15, 0.2) is 5.10 Å². The van der Waals surface area contributed by atoms with Crippen molar-refractivity contribution in [2.75, 3.05) is 6.54 Å². The maximum absolute atomic E-state index is 9.29. The van der Waals surface area contributed by atoms with E-state index in [1.165, 1.54) is 5.12 Å². The van der Waals surface area contributed by atoms with Crippen molar-refractivity contribution >= 4 is 5.84 Å². The molecule has 0 heterocycles. The minimum Gasteiger partial charge on any atom is -0.383 e. The van der Waals surface area contributed by atoms with Gasteiger partial charge in [-0.2, -0.15) is 0 Å². The molecule has 5 heteroatoms. The van der Waals surface area contributed by atoms with E-state index in [1.807, 2.05) is 34.6 Å². The molecule has 0 radical (unpaired) electrons. The fraction of sp³-hybridized carbons (Fsp3) is 0.900. The van der Waals surface area contributed by atoms with Crippen LogP contribution in [0, 0.1) is 0 Å². The lowest BCUT2D eigenvalue weighted by Crippen LogP contribution is -2.41. The molecule has 0 saturated heterocycles. The summed E-state index contributed by atoms with van der Waals surface area (Å²) in [4.78, 5) is 0. The fourth-order valence-corrected chi connectivity index (χ4v) is 0.331. The van der Waals surface area contributed by atoms with Crippen molar-refractivity contribution < 1.29 is 5.11 Å². The van der Waals surface area contributed by atoms with Gasteiger partial charge in [0, 0.05) is 0 Å². The maximum Gasteiger partial charge on any atom is 0.152 e. The van der Waals surface area contributed by atoms with E-state index in [4.69, 9.17) is 11.6 Å². The van der Waals surface area contributed by atoms with Crippen LogP contribution >= 0.6 is 0 Å². The first-order valence-electron chi connectivity index (χ1n) is 5.47. The summed E-state index contributed by atoms with van der Waals surface area (Å²) in [5, 5.41) is 14.2. The summed E-state index contributed by atoms with van der Waals surface area (Å²) in [6.45, 7) is 13.5. The zero-order chi connectivity index (χ0) is 13.1. The summed E-state index contributed by atoms with van der Waals surface area (Å²) in [6.07, 6.45) is 0. The predicted octanol–water partition coefficient (Wildman–Crippen LogP) is 1.28. The van der Waals surface area contributed by atoms with Crippen molar-refractivity contribution in [2.24, 2.45) is 16.7 Å². The summed E-state index contributed by atoms with van der Waals surface area (Å²) in [6, 6.07) is 0. The highest BCUT2D eigenvalue weighted by atomic mass is 16.3. The largest absolute Gasteiger partial charge is 0.383 e. The van der Waals surface area contributed by atoms with Gasteiger partial charge in [-0.25, -0.2) is 11.0 Å².